The van der Waals surface area contributed by atoms with E-state index in [0.29, 0.717) is 52.6 Å². The van der Waals surface area contributed by atoms with E-state index < -0.39 is 11.4 Å². The van der Waals surface area contributed by atoms with Gasteiger partial charge in [0.05, 0.1) is 29.2 Å². The highest BCUT2D eigenvalue weighted by atomic mass is 35.5. The second-order valence-electron chi connectivity index (χ2n) is 11.0. The van der Waals surface area contributed by atoms with Gasteiger partial charge in [-0.3, -0.25) is 9.59 Å². The fourth-order valence-electron chi connectivity index (χ4n) is 5.56. The number of carbonyl (C=O) groups is 2. The van der Waals surface area contributed by atoms with Crippen LogP contribution in [0.5, 0.6) is 5.75 Å². The second-order valence-corrected chi connectivity index (χ2v) is 11.4. The molecule has 0 spiro atoms. The van der Waals surface area contributed by atoms with Crippen LogP contribution in [-0.2, 0) is 19.9 Å². The van der Waals surface area contributed by atoms with Crippen LogP contribution in [0.2, 0.25) is 5.02 Å². The minimum Gasteiger partial charge on any atom is -0.494 e. The molecule has 0 radical (unpaired) electrons. The van der Waals surface area contributed by atoms with E-state index in [-0.39, 0.29) is 16.9 Å². The van der Waals surface area contributed by atoms with Crippen LogP contribution in [0.15, 0.2) is 49.2 Å². The zero-order valence-corrected chi connectivity index (χ0v) is 25.0. The minimum atomic E-state index is -1.16. The van der Waals surface area contributed by atoms with Gasteiger partial charge in [0, 0.05) is 55.1 Å². The molecular formula is C30H33ClFN7O4. The SMILES string of the molecule is C=CC(=O)Nc1cc(Nc2nccc(Nc3cc(Cl)c(F)cc3C(C)(C)OC=O)n2)c(OC)cc1N1C[C@H]2CN(C)[C@H]2C1. The Balaban J connectivity index is 1.45. The Kier molecular flexibility index (Phi) is 8.43. The van der Waals surface area contributed by atoms with Crippen molar-refractivity contribution in [3.63, 3.8) is 0 Å². The molecule has 0 saturated carbocycles. The van der Waals surface area contributed by atoms with Crippen molar-refractivity contribution in [3.8, 4) is 5.75 Å². The summed E-state index contributed by atoms with van der Waals surface area (Å²) in [4.78, 5) is 36.9. The smallest absolute Gasteiger partial charge is 0.293 e. The molecule has 5 rings (SSSR count). The number of aromatic nitrogens is 2. The Labute approximate surface area is 254 Å². The molecule has 3 aromatic rings. The highest BCUT2D eigenvalue weighted by Gasteiger charge is 2.44. The third-order valence-corrected chi connectivity index (χ3v) is 8.10. The molecule has 0 unspecified atom stereocenters. The highest BCUT2D eigenvalue weighted by molar-refractivity contribution is 6.31. The van der Waals surface area contributed by atoms with Crippen LogP contribution in [-0.4, -0.2) is 67.1 Å². The van der Waals surface area contributed by atoms with Crippen molar-refractivity contribution in [2.24, 2.45) is 5.92 Å². The number of likely N-dealkylation sites (tertiary alicyclic amines) is 1. The number of rotatable bonds is 11. The monoisotopic (exact) mass is 609 g/mol. The Morgan fingerprint density at radius 2 is 1.95 bits per heavy atom. The van der Waals surface area contributed by atoms with Crippen molar-refractivity contribution in [2.75, 3.05) is 54.6 Å². The summed E-state index contributed by atoms with van der Waals surface area (Å²) in [6.45, 7) is 9.91. The summed E-state index contributed by atoms with van der Waals surface area (Å²) in [7, 11) is 3.68. The molecule has 3 N–H and O–H groups in total. The first-order chi connectivity index (χ1) is 20.5. The predicted molar refractivity (Wildman–Crippen MR) is 164 cm³/mol. The average Bonchev–Trinajstić information content (AvgIpc) is 3.31. The van der Waals surface area contributed by atoms with Gasteiger partial charge in [-0.1, -0.05) is 18.2 Å². The number of likely N-dealkylation sites (N-methyl/N-ethyl adjacent to an activating group) is 1. The van der Waals surface area contributed by atoms with Crippen LogP contribution in [0.1, 0.15) is 19.4 Å². The quantitative estimate of drug-likeness (QED) is 0.201. The third-order valence-electron chi connectivity index (χ3n) is 7.81. The molecule has 2 aliphatic rings. The second kappa shape index (κ2) is 12.1. The lowest BCUT2D eigenvalue weighted by Crippen LogP contribution is -2.52. The van der Waals surface area contributed by atoms with E-state index in [9.17, 15) is 14.0 Å². The topological polar surface area (TPSA) is 121 Å². The van der Waals surface area contributed by atoms with Crippen molar-refractivity contribution in [3.05, 3.63) is 65.6 Å². The van der Waals surface area contributed by atoms with E-state index in [0.717, 1.165) is 25.3 Å². The number of hydrogen-bond acceptors (Lipinski definition) is 10. The summed E-state index contributed by atoms with van der Waals surface area (Å²) >= 11 is 6.07. The molecule has 2 fully saturated rings. The number of amides is 1. The number of ether oxygens (including phenoxy) is 2. The van der Waals surface area contributed by atoms with Crippen LogP contribution >= 0.6 is 11.6 Å². The largest absolute Gasteiger partial charge is 0.494 e. The van der Waals surface area contributed by atoms with Crippen molar-refractivity contribution in [2.45, 2.75) is 25.5 Å². The molecule has 2 atom stereocenters. The predicted octanol–water partition coefficient (Wildman–Crippen LogP) is 5.05. The molecule has 2 saturated heterocycles. The van der Waals surface area contributed by atoms with Gasteiger partial charge < -0.3 is 35.2 Å². The van der Waals surface area contributed by atoms with E-state index in [1.807, 2.05) is 6.07 Å². The first-order valence-corrected chi connectivity index (χ1v) is 14.0. The van der Waals surface area contributed by atoms with Gasteiger partial charge in [0.1, 0.15) is 23.0 Å². The molecular weight excluding hydrogens is 577 g/mol. The summed E-state index contributed by atoms with van der Waals surface area (Å²) in [6.07, 6.45) is 2.76. The van der Waals surface area contributed by atoms with Crippen LogP contribution in [0.4, 0.5) is 38.9 Å². The fourth-order valence-corrected chi connectivity index (χ4v) is 5.72. The highest BCUT2D eigenvalue weighted by Crippen LogP contribution is 2.42. The molecule has 2 aliphatic heterocycles. The number of fused-ring (bicyclic) bond motifs is 1. The Morgan fingerprint density at radius 3 is 2.63 bits per heavy atom. The summed E-state index contributed by atoms with van der Waals surface area (Å²) in [5.74, 6) is 0.688. The number of halogens is 2. The maximum atomic E-state index is 14.4. The molecule has 1 aromatic heterocycles. The average molecular weight is 610 g/mol. The van der Waals surface area contributed by atoms with E-state index in [1.54, 1.807) is 33.1 Å². The number of benzene rings is 2. The molecule has 0 aliphatic carbocycles. The Hall–Kier alpha value is -4.42. The van der Waals surface area contributed by atoms with Crippen LogP contribution in [0.25, 0.3) is 0 Å². The number of anilines is 6. The number of hydrogen-bond donors (Lipinski definition) is 3. The lowest BCUT2D eigenvalue weighted by molar-refractivity contribution is -0.141. The summed E-state index contributed by atoms with van der Waals surface area (Å²) in [5.41, 5.74) is 1.55. The standard InChI is InChI=1S/C30H33ClFN7O4/c1-6-28(41)35-22-11-23(26(42-5)12-24(22)39-14-17-13-38(4)25(17)15-39)36-29-33-8-7-27(37-29)34-21-10-19(31)20(32)9-18(21)30(2,3)43-16-40/h6-12,16-17,25H,1,13-15H2,2-5H3,(H,35,41)(H2,33,34,36,37)/t17-,25+/m1/s1. The number of carbonyl (C=O) groups excluding carboxylic acids is 2. The minimum absolute atomic E-state index is 0.114. The third kappa shape index (κ3) is 6.20. The normalized spacial score (nSPS) is 17.9. The van der Waals surface area contributed by atoms with E-state index in [4.69, 9.17) is 21.1 Å². The Bertz CT molecular complexity index is 1570. The van der Waals surface area contributed by atoms with Gasteiger partial charge in [0.25, 0.3) is 6.47 Å². The zero-order valence-electron chi connectivity index (χ0n) is 24.3. The van der Waals surface area contributed by atoms with Crippen molar-refractivity contribution in [1.29, 1.82) is 0 Å². The van der Waals surface area contributed by atoms with Gasteiger partial charge in [-0.15, -0.1) is 0 Å². The fraction of sp³-hybridized carbons (Fsp3) is 0.333. The lowest BCUT2D eigenvalue weighted by Gasteiger charge is -2.40. The summed E-state index contributed by atoms with van der Waals surface area (Å²) < 4.78 is 25.3. The first-order valence-electron chi connectivity index (χ1n) is 13.6. The van der Waals surface area contributed by atoms with Crippen LogP contribution in [0, 0.1) is 11.7 Å². The summed E-state index contributed by atoms with van der Waals surface area (Å²) in [6, 6.07) is 8.37. The van der Waals surface area contributed by atoms with Crippen LogP contribution in [0.3, 0.4) is 0 Å². The molecule has 13 heteroatoms. The number of methoxy groups -OCH3 is 1. The maximum Gasteiger partial charge on any atom is 0.293 e. The molecule has 3 heterocycles. The van der Waals surface area contributed by atoms with Crippen molar-refractivity contribution >= 4 is 58.5 Å². The van der Waals surface area contributed by atoms with E-state index in [1.165, 1.54) is 24.4 Å². The summed E-state index contributed by atoms with van der Waals surface area (Å²) in [5, 5.41) is 9.10. The molecule has 226 valence electrons. The van der Waals surface area contributed by atoms with Crippen molar-refractivity contribution in [1.82, 2.24) is 14.9 Å². The molecule has 11 nitrogen and oxygen atoms in total. The maximum absolute atomic E-state index is 14.4. The van der Waals surface area contributed by atoms with Gasteiger partial charge in [-0.05, 0) is 51.2 Å². The Morgan fingerprint density at radius 1 is 1.16 bits per heavy atom. The molecule has 0 bridgehead atoms. The zero-order chi connectivity index (χ0) is 30.9. The molecule has 43 heavy (non-hydrogen) atoms. The lowest BCUT2D eigenvalue weighted by atomic mass is 9.93. The van der Waals surface area contributed by atoms with E-state index in [2.05, 4.69) is 49.3 Å². The van der Waals surface area contributed by atoms with Gasteiger partial charge in [-0.25, -0.2) is 9.37 Å². The molecule has 1 amide bonds. The van der Waals surface area contributed by atoms with Crippen molar-refractivity contribution < 1.29 is 23.5 Å². The van der Waals surface area contributed by atoms with Gasteiger partial charge in [0.2, 0.25) is 11.9 Å². The first kappa shape index (κ1) is 30.1. The van der Waals surface area contributed by atoms with Gasteiger partial charge in [0.15, 0.2) is 0 Å². The number of nitrogens with zero attached hydrogens (tertiary/aromatic N) is 4. The van der Waals surface area contributed by atoms with E-state index >= 15 is 0 Å². The van der Waals surface area contributed by atoms with Gasteiger partial charge in [-0.2, -0.15) is 4.98 Å². The number of nitrogens with one attached hydrogen (secondary N) is 3. The van der Waals surface area contributed by atoms with Gasteiger partial charge >= 0.3 is 0 Å². The van der Waals surface area contributed by atoms with Crippen LogP contribution < -0.4 is 25.6 Å². The molecule has 2 aromatic carbocycles.